The molecule has 3 nitrogen and oxygen atoms in total. The number of aromatic nitrogens is 3. The largest absolute Gasteiger partial charge is 0.308 e. The fourth-order valence-corrected chi connectivity index (χ4v) is 10.5. The molecule has 0 saturated carbocycles. The van der Waals surface area contributed by atoms with Crippen LogP contribution < -0.4 is 9.13 Å². The zero-order valence-corrected chi connectivity index (χ0v) is 32.0. The third-order valence-electron chi connectivity index (χ3n) is 13.2. The number of pyridine rings is 2. The van der Waals surface area contributed by atoms with E-state index in [1.165, 1.54) is 99.6 Å². The molecule has 2 aliphatic rings. The lowest BCUT2D eigenvalue weighted by molar-refractivity contribution is -0.720. The third-order valence-corrected chi connectivity index (χ3v) is 13.2. The predicted molar refractivity (Wildman–Crippen MR) is 234 cm³/mol. The van der Waals surface area contributed by atoms with Gasteiger partial charge in [-0.05, 0) is 108 Å². The zero-order chi connectivity index (χ0) is 37.8. The number of para-hydroxylation sites is 1. The first-order chi connectivity index (χ1) is 28.1. The fourth-order valence-electron chi connectivity index (χ4n) is 10.5. The molecule has 2 unspecified atom stereocenters. The van der Waals surface area contributed by atoms with E-state index in [2.05, 4.69) is 191 Å². The Bertz CT molecular complexity index is 3260. The summed E-state index contributed by atoms with van der Waals surface area (Å²) in [7, 11) is 0. The molecule has 10 aromatic rings. The van der Waals surface area contributed by atoms with Crippen LogP contribution in [0.5, 0.6) is 0 Å². The molecule has 0 fully saturated rings. The van der Waals surface area contributed by atoms with Crippen LogP contribution in [0.3, 0.4) is 0 Å². The molecule has 6 aromatic carbocycles. The number of fused-ring (bicyclic) bond motifs is 15. The molecule has 6 heterocycles. The van der Waals surface area contributed by atoms with Gasteiger partial charge in [-0.25, -0.2) is 0 Å². The monoisotopic (exact) mass is 731 g/mol. The minimum absolute atomic E-state index is 0.232. The molecule has 4 aromatic heterocycles. The molecule has 0 bridgehead atoms. The number of rotatable bonds is 2. The molecule has 270 valence electrons. The standard InChI is InChI=1S/C54H41N3/c1-34-14-6-7-17-40(34)38-24-26-50-45-32-46-48-30-39(36-15-4-3-5-16-36)29-47-43-20-10-11-22-51(43)57(54(47)48)53(46)31-37(45)23-25-44-41-18-8-9-19-42(41)49-21-12-13-27-55(49)52(44)28-35(2)56(50)33-38/h3-22,24,26-27,29-33,44,52H,2,23,25,28H2,1H3/q+2. The van der Waals surface area contributed by atoms with Crippen LogP contribution in [0.1, 0.15) is 41.5 Å². The van der Waals surface area contributed by atoms with E-state index in [0.29, 0.717) is 5.92 Å². The smallest absolute Gasteiger partial charge is 0.218 e. The summed E-state index contributed by atoms with van der Waals surface area (Å²) in [4.78, 5) is 0. The summed E-state index contributed by atoms with van der Waals surface area (Å²) >= 11 is 0. The van der Waals surface area contributed by atoms with Gasteiger partial charge in [-0.1, -0.05) is 91.0 Å². The lowest BCUT2D eigenvalue weighted by Gasteiger charge is -2.31. The van der Waals surface area contributed by atoms with Crippen molar-refractivity contribution in [2.24, 2.45) is 0 Å². The second-order valence-corrected chi connectivity index (χ2v) is 16.2. The minimum Gasteiger partial charge on any atom is -0.308 e. The van der Waals surface area contributed by atoms with Gasteiger partial charge >= 0.3 is 0 Å². The van der Waals surface area contributed by atoms with E-state index < -0.39 is 0 Å². The van der Waals surface area contributed by atoms with Crippen LogP contribution in [0.4, 0.5) is 0 Å². The summed E-state index contributed by atoms with van der Waals surface area (Å²) in [5.74, 6) is 0.324. The average Bonchev–Trinajstić information content (AvgIpc) is 3.77. The van der Waals surface area contributed by atoms with Gasteiger partial charge < -0.3 is 4.40 Å². The van der Waals surface area contributed by atoms with Crippen LogP contribution in [0, 0.1) is 6.92 Å². The molecular formula is C54H41N3+2. The number of nitrogens with zero attached hydrogens (tertiary/aromatic N) is 3. The molecule has 0 spiro atoms. The van der Waals surface area contributed by atoms with Crippen molar-refractivity contribution in [1.29, 1.82) is 0 Å². The van der Waals surface area contributed by atoms with Crippen LogP contribution in [0.15, 0.2) is 177 Å². The molecule has 0 amide bonds. The van der Waals surface area contributed by atoms with Crippen molar-refractivity contribution < 1.29 is 9.13 Å². The summed E-state index contributed by atoms with van der Waals surface area (Å²) in [5, 5.41) is 5.20. The van der Waals surface area contributed by atoms with Gasteiger partial charge in [-0.3, -0.25) is 0 Å². The Hall–Kier alpha value is -6.84. The highest BCUT2D eigenvalue weighted by molar-refractivity contribution is 6.25. The van der Waals surface area contributed by atoms with Gasteiger partial charge in [0, 0.05) is 56.8 Å². The van der Waals surface area contributed by atoms with Gasteiger partial charge in [0.25, 0.3) is 0 Å². The number of benzene rings is 6. The van der Waals surface area contributed by atoms with Gasteiger partial charge in [0.2, 0.25) is 11.4 Å². The first kappa shape index (κ1) is 32.4. The summed E-state index contributed by atoms with van der Waals surface area (Å²) in [6.07, 6.45) is 7.48. The third kappa shape index (κ3) is 4.79. The van der Waals surface area contributed by atoms with E-state index in [1.807, 2.05) is 0 Å². The lowest BCUT2D eigenvalue weighted by atomic mass is 9.77. The number of hydrogen-bond acceptors (Lipinski definition) is 0. The summed E-state index contributed by atoms with van der Waals surface area (Å²) < 4.78 is 7.51. The molecule has 2 aliphatic heterocycles. The van der Waals surface area contributed by atoms with Gasteiger partial charge in [-0.15, -0.1) is 0 Å². The highest BCUT2D eigenvalue weighted by Gasteiger charge is 2.42. The quantitative estimate of drug-likeness (QED) is 0.157. The molecule has 3 heteroatoms. The van der Waals surface area contributed by atoms with Crippen LogP contribution in [-0.2, 0) is 6.42 Å². The first-order valence-corrected chi connectivity index (χ1v) is 20.3. The van der Waals surface area contributed by atoms with E-state index in [-0.39, 0.29) is 6.04 Å². The maximum atomic E-state index is 4.93. The molecule has 57 heavy (non-hydrogen) atoms. The second kappa shape index (κ2) is 12.3. The molecule has 12 rings (SSSR count). The van der Waals surface area contributed by atoms with Crippen molar-refractivity contribution >= 4 is 43.8 Å². The normalized spacial score (nSPS) is 16.3. The zero-order valence-electron chi connectivity index (χ0n) is 32.0. The SMILES string of the molecule is C=C1CC2C(CCc3cc4c(cc3-c3ccc(-c5ccccc5C)c[n+]31)c1cc(-c3ccccc3)cc3c5ccccc5n4c31)c1ccccc1-c1cccc[n+]12. The van der Waals surface area contributed by atoms with E-state index >= 15 is 0 Å². The van der Waals surface area contributed by atoms with Gasteiger partial charge in [0.05, 0.1) is 28.5 Å². The number of hydrogen-bond donors (Lipinski definition) is 0. The van der Waals surface area contributed by atoms with Crippen LogP contribution in [0.25, 0.3) is 88.6 Å². The molecule has 0 N–H and O–H groups in total. The Morgan fingerprint density at radius 3 is 2.21 bits per heavy atom. The lowest BCUT2D eigenvalue weighted by Crippen LogP contribution is -2.49. The van der Waals surface area contributed by atoms with Crippen LogP contribution >= 0.6 is 0 Å². The molecule has 2 atom stereocenters. The first-order valence-electron chi connectivity index (χ1n) is 20.3. The van der Waals surface area contributed by atoms with Crippen molar-refractivity contribution in [2.75, 3.05) is 0 Å². The molecule has 0 radical (unpaired) electrons. The topological polar surface area (TPSA) is 12.2 Å². The van der Waals surface area contributed by atoms with Gasteiger partial charge in [0.15, 0.2) is 24.1 Å². The number of allylic oxidation sites excluding steroid dienone is 1. The summed E-state index contributed by atoms with van der Waals surface area (Å²) in [6, 6.07) is 59.1. The van der Waals surface area contributed by atoms with Crippen molar-refractivity contribution in [3.05, 3.63) is 193 Å². The Morgan fingerprint density at radius 1 is 0.579 bits per heavy atom. The van der Waals surface area contributed by atoms with Gasteiger partial charge in [0.1, 0.15) is 0 Å². The van der Waals surface area contributed by atoms with E-state index in [9.17, 15) is 0 Å². The summed E-state index contributed by atoms with van der Waals surface area (Å²) in [5.41, 5.74) is 19.1. The van der Waals surface area contributed by atoms with E-state index in [4.69, 9.17) is 6.58 Å². The van der Waals surface area contributed by atoms with E-state index in [1.54, 1.807) is 0 Å². The maximum absolute atomic E-state index is 4.93. The Morgan fingerprint density at radius 2 is 1.33 bits per heavy atom. The Kier molecular flexibility index (Phi) is 7.01. The highest BCUT2D eigenvalue weighted by atomic mass is 15.0. The van der Waals surface area contributed by atoms with Crippen molar-refractivity contribution in [3.8, 4) is 44.8 Å². The summed E-state index contributed by atoms with van der Waals surface area (Å²) in [6.45, 7) is 7.14. The van der Waals surface area contributed by atoms with Gasteiger partial charge in [-0.2, -0.15) is 9.13 Å². The highest BCUT2D eigenvalue weighted by Crippen LogP contribution is 2.47. The van der Waals surface area contributed by atoms with E-state index in [0.717, 1.165) is 25.0 Å². The number of aryl methyl sites for hydroxylation is 2. The Balaban J connectivity index is 1.15. The average molecular weight is 732 g/mol. The molecular weight excluding hydrogens is 691 g/mol. The molecule has 0 aliphatic carbocycles. The fraction of sp³-hybridized carbons (Fsp3) is 0.111. The van der Waals surface area contributed by atoms with Crippen LogP contribution in [0.2, 0.25) is 0 Å². The van der Waals surface area contributed by atoms with Crippen molar-refractivity contribution in [3.63, 3.8) is 0 Å². The van der Waals surface area contributed by atoms with Crippen LogP contribution in [-0.4, -0.2) is 4.40 Å². The Labute approximate surface area is 332 Å². The van der Waals surface area contributed by atoms with Crippen molar-refractivity contribution in [2.45, 2.75) is 38.1 Å². The minimum atomic E-state index is 0.232. The van der Waals surface area contributed by atoms with Crippen molar-refractivity contribution in [1.82, 2.24) is 4.40 Å². The molecule has 0 saturated heterocycles. The predicted octanol–water partition coefficient (Wildman–Crippen LogP) is 12.5. The second-order valence-electron chi connectivity index (χ2n) is 16.2. The maximum Gasteiger partial charge on any atom is 0.218 e.